The van der Waals surface area contributed by atoms with E-state index in [1.54, 1.807) is 0 Å². The molecule has 3 aliphatic carbocycles. The maximum atomic E-state index is 11.6. The molecular weight excluding hydrogens is 342 g/mol. The topological polar surface area (TPSA) is 56.8 Å². The van der Waals surface area contributed by atoms with E-state index in [9.17, 15) is 4.79 Å². The summed E-state index contributed by atoms with van der Waals surface area (Å²) < 4.78 is 15.9. The molecule has 27 heavy (non-hydrogen) atoms. The van der Waals surface area contributed by atoms with Crippen LogP contribution in [0.3, 0.4) is 0 Å². The second kappa shape index (κ2) is 7.01. The third kappa shape index (κ3) is 3.31. The zero-order valence-corrected chi connectivity index (χ0v) is 15.9. The highest BCUT2D eigenvalue weighted by Crippen LogP contribution is 2.54. The van der Waals surface area contributed by atoms with Crippen molar-refractivity contribution >= 4 is 6.16 Å². The molecule has 1 aliphatic heterocycles. The molecule has 1 aromatic rings. The van der Waals surface area contributed by atoms with E-state index in [4.69, 9.17) is 14.2 Å². The highest BCUT2D eigenvalue weighted by atomic mass is 16.8. The van der Waals surface area contributed by atoms with Gasteiger partial charge in [-0.05, 0) is 80.2 Å². The summed E-state index contributed by atoms with van der Waals surface area (Å²) in [4.78, 5) is 11.6. The van der Waals surface area contributed by atoms with Gasteiger partial charge in [0.25, 0.3) is 0 Å². The Labute approximate surface area is 160 Å². The summed E-state index contributed by atoms with van der Waals surface area (Å²) in [5.74, 6) is 2.08. The van der Waals surface area contributed by atoms with Crippen LogP contribution in [0.15, 0.2) is 18.2 Å². The zero-order valence-electron chi connectivity index (χ0n) is 15.9. The largest absolute Gasteiger partial charge is 0.511 e. The van der Waals surface area contributed by atoms with Crippen molar-refractivity contribution in [3.8, 4) is 5.75 Å². The van der Waals surface area contributed by atoms with Crippen molar-refractivity contribution < 1.29 is 19.0 Å². The molecule has 3 atom stereocenters. The summed E-state index contributed by atoms with van der Waals surface area (Å²) in [7, 11) is 0. The second-order valence-corrected chi connectivity index (χ2v) is 8.75. The van der Waals surface area contributed by atoms with Crippen LogP contribution in [-0.4, -0.2) is 32.1 Å². The van der Waals surface area contributed by atoms with Gasteiger partial charge < -0.3 is 19.5 Å². The quantitative estimate of drug-likeness (QED) is 0.628. The molecule has 0 spiro atoms. The molecule has 5 heteroatoms. The first-order chi connectivity index (χ1) is 13.2. The average Bonchev–Trinajstić information content (AvgIpc) is 3.51. The molecule has 146 valence electrons. The van der Waals surface area contributed by atoms with Gasteiger partial charge in [-0.2, -0.15) is 0 Å². The van der Waals surface area contributed by atoms with Crippen LogP contribution in [0.25, 0.3) is 0 Å². The number of rotatable bonds is 5. The molecule has 1 aromatic carbocycles. The van der Waals surface area contributed by atoms with Crippen LogP contribution in [0.1, 0.15) is 56.1 Å². The maximum absolute atomic E-state index is 11.6. The van der Waals surface area contributed by atoms with E-state index in [2.05, 4.69) is 17.4 Å². The SMILES string of the molecule is O=C(OCOc1ccc2c(c1)[C@]13CCCC[C@@H]1[C@@H](C2)NCC3)OCC1CC1. The van der Waals surface area contributed by atoms with Crippen molar-refractivity contribution in [2.45, 2.75) is 62.8 Å². The summed E-state index contributed by atoms with van der Waals surface area (Å²) in [5.41, 5.74) is 3.26. The Hall–Kier alpha value is -1.75. The molecular formula is C22H29NO4. The lowest BCUT2D eigenvalue weighted by Crippen LogP contribution is -2.59. The molecule has 3 fully saturated rings. The lowest BCUT2D eigenvalue weighted by atomic mass is 9.53. The van der Waals surface area contributed by atoms with E-state index >= 15 is 0 Å². The van der Waals surface area contributed by atoms with Crippen LogP contribution in [0.2, 0.25) is 0 Å². The molecule has 0 amide bonds. The third-order valence-corrected chi connectivity index (χ3v) is 7.15. The van der Waals surface area contributed by atoms with E-state index in [0.29, 0.717) is 24.0 Å². The second-order valence-electron chi connectivity index (χ2n) is 8.75. The van der Waals surface area contributed by atoms with Gasteiger partial charge in [-0.25, -0.2) is 4.79 Å². The van der Waals surface area contributed by atoms with E-state index in [1.807, 2.05) is 6.07 Å². The van der Waals surface area contributed by atoms with Crippen LogP contribution in [0, 0.1) is 11.8 Å². The molecule has 0 aromatic heterocycles. The van der Waals surface area contributed by atoms with Crippen molar-refractivity contribution in [1.29, 1.82) is 0 Å². The summed E-state index contributed by atoms with van der Waals surface area (Å²) in [6, 6.07) is 7.06. The van der Waals surface area contributed by atoms with Crippen LogP contribution >= 0.6 is 0 Å². The Morgan fingerprint density at radius 1 is 1.15 bits per heavy atom. The van der Waals surface area contributed by atoms with Crippen LogP contribution < -0.4 is 10.1 Å². The monoisotopic (exact) mass is 371 g/mol. The number of ether oxygens (including phenoxy) is 3. The first-order valence-electron chi connectivity index (χ1n) is 10.5. The van der Waals surface area contributed by atoms with Crippen LogP contribution in [0.5, 0.6) is 5.75 Å². The number of fused-ring (bicyclic) bond motifs is 1. The molecule has 0 unspecified atom stereocenters. The molecule has 4 aliphatic rings. The van der Waals surface area contributed by atoms with Gasteiger partial charge in [-0.1, -0.05) is 18.9 Å². The lowest BCUT2D eigenvalue weighted by molar-refractivity contribution is 0.00261. The number of piperidine rings is 1. The molecule has 2 saturated carbocycles. The van der Waals surface area contributed by atoms with Gasteiger partial charge in [-0.15, -0.1) is 0 Å². The molecule has 2 bridgehead atoms. The normalized spacial score (nSPS) is 31.4. The van der Waals surface area contributed by atoms with E-state index < -0.39 is 6.16 Å². The Balaban J connectivity index is 1.27. The first-order valence-corrected chi connectivity index (χ1v) is 10.5. The van der Waals surface area contributed by atoms with Gasteiger partial charge in [0, 0.05) is 11.5 Å². The van der Waals surface area contributed by atoms with Crippen molar-refractivity contribution in [2.75, 3.05) is 19.9 Å². The number of hydrogen-bond donors (Lipinski definition) is 1. The summed E-state index contributed by atoms with van der Waals surface area (Å²) in [6.45, 7) is 1.49. The predicted octanol–water partition coefficient (Wildman–Crippen LogP) is 3.93. The molecule has 1 saturated heterocycles. The lowest BCUT2D eigenvalue weighted by Gasteiger charge is -2.56. The first kappa shape index (κ1) is 17.4. The molecule has 0 radical (unpaired) electrons. The minimum atomic E-state index is -0.632. The summed E-state index contributed by atoms with van der Waals surface area (Å²) >= 11 is 0. The van der Waals surface area contributed by atoms with Crippen molar-refractivity contribution in [2.24, 2.45) is 11.8 Å². The predicted molar refractivity (Wildman–Crippen MR) is 101 cm³/mol. The molecule has 1 heterocycles. The molecule has 1 N–H and O–H groups in total. The van der Waals surface area contributed by atoms with Gasteiger partial charge in [-0.3, -0.25) is 0 Å². The molecule has 5 nitrogen and oxygen atoms in total. The fraction of sp³-hybridized carbons (Fsp3) is 0.682. The summed E-state index contributed by atoms with van der Waals surface area (Å²) in [6.07, 6.45) is 9.30. The highest BCUT2D eigenvalue weighted by Gasteiger charge is 2.51. The van der Waals surface area contributed by atoms with Gasteiger partial charge >= 0.3 is 6.16 Å². The third-order valence-electron chi connectivity index (χ3n) is 7.15. The summed E-state index contributed by atoms with van der Waals surface area (Å²) in [5, 5.41) is 3.77. The Kier molecular flexibility index (Phi) is 4.50. The number of carbonyl (C=O) groups is 1. The number of hydrogen-bond acceptors (Lipinski definition) is 5. The fourth-order valence-corrected chi connectivity index (χ4v) is 5.65. The number of carbonyl (C=O) groups excluding carboxylic acids is 1. The Bertz CT molecular complexity index is 712. The smallest absolute Gasteiger partial charge is 0.457 e. The number of nitrogens with one attached hydrogen (secondary N) is 1. The van der Waals surface area contributed by atoms with Crippen molar-refractivity contribution in [1.82, 2.24) is 5.32 Å². The van der Waals surface area contributed by atoms with Crippen molar-refractivity contribution in [3.63, 3.8) is 0 Å². The standard InChI is InChI=1S/C22H29NO4/c24-21(25-13-15-4-5-15)27-14-26-17-7-6-16-11-20-18-3-1-2-8-22(18,9-10-23-20)19(16)12-17/h6-7,12,15,18,20,23H,1-5,8-11,13-14H2/t18-,20-,22+/m1/s1. The van der Waals surface area contributed by atoms with Gasteiger partial charge in [0.2, 0.25) is 6.79 Å². The zero-order chi connectivity index (χ0) is 18.3. The highest BCUT2D eigenvalue weighted by molar-refractivity contribution is 5.59. The van der Waals surface area contributed by atoms with Gasteiger partial charge in [0.15, 0.2) is 0 Å². The molecule has 5 rings (SSSR count). The van der Waals surface area contributed by atoms with Gasteiger partial charge in [0.05, 0.1) is 6.61 Å². The van der Waals surface area contributed by atoms with E-state index in [1.165, 1.54) is 43.2 Å². The van der Waals surface area contributed by atoms with Gasteiger partial charge in [0.1, 0.15) is 5.75 Å². The maximum Gasteiger partial charge on any atom is 0.511 e. The van der Waals surface area contributed by atoms with Crippen LogP contribution in [0.4, 0.5) is 4.79 Å². The van der Waals surface area contributed by atoms with Crippen LogP contribution in [-0.2, 0) is 21.3 Å². The van der Waals surface area contributed by atoms with Crippen molar-refractivity contribution in [3.05, 3.63) is 29.3 Å². The minimum Gasteiger partial charge on any atom is -0.457 e. The Morgan fingerprint density at radius 3 is 2.96 bits per heavy atom. The number of benzene rings is 1. The minimum absolute atomic E-state index is 0.0943. The fourth-order valence-electron chi connectivity index (χ4n) is 5.65. The average molecular weight is 371 g/mol. The van der Waals surface area contributed by atoms with E-state index in [-0.39, 0.29) is 6.79 Å². The Morgan fingerprint density at radius 2 is 2.07 bits per heavy atom. The van der Waals surface area contributed by atoms with E-state index in [0.717, 1.165) is 37.5 Å².